The van der Waals surface area contributed by atoms with Crippen molar-refractivity contribution >= 4 is 24.2 Å². The van der Waals surface area contributed by atoms with Crippen molar-refractivity contribution < 1.29 is 4.79 Å². The zero-order chi connectivity index (χ0) is 12.3. The SMILES string of the molecule is CN(C(=O)C1CCCCC1)c1ccccc1S. The van der Waals surface area contributed by atoms with Gasteiger partial charge >= 0.3 is 0 Å². The molecule has 17 heavy (non-hydrogen) atoms. The summed E-state index contributed by atoms with van der Waals surface area (Å²) in [6.45, 7) is 0. The Morgan fingerprint density at radius 3 is 2.53 bits per heavy atom. The van der Waals surface area contributed by atoms with Crippen molar-refractivity contribution in [1.82, 2.24) is 0 Å². The largest absolute Gasteiger partial charge is 0.314 e. The van der Waals surface area contributed by atoms with E-state index in [0.717, 1.165) is 23.4 Å². The molecule has 0 unspecified atom stereocenters. The van der Waals surface area contributed by atoms with Gasteiger partial charge in [-0.3, -0.25) is 4.79 Å². The van der Waals surface area contributed by atoms with E-state index >= 15 is 0 Å². The normalized spacial score (nSPS) is 16.8. The summed E-state index contributed by atoms with van der Waals surface area (Å²) in [7, 11) is 1.85. The summed E-state index contributed by atoms with van der Waals surface area (Å²) < 4.78 is 0. The first-order chi connectivity index (χ1) is 8.20. The topological polar surface area (TPSA) is 20.3 Å². The van der Waals surface area contributed by atoms with E-state index in [1.54, 1.807) is 4.90 Å². The highest BCUT2D eigenvalue weighted by Gasteiger charge is 2.25. The minimum Gasteiger partial charge on any atom is -0.314 e. The van der Waals surface area contributed by atoms with Crippen LogP contribution >= 0.6 is 12.6 Å². The molecule has 1 aromatic rings. The number of nitrogens with zero attached hydrogens (tertiary/aromatic N) is 1. The van der Waals surface area contributed by atoms with E-state index in [2.05, 4.69) is 12.6 Å². The third-order valence-corrected chi connectivity index (χ3v) is 3.91. The zero-order valence-corrected chi connectivity index (χ0v) is 11.1. The van der Waals surface area contributed by atoms with Crippen molar-refractivity contribution in [3.05, 3.63) is 24.3 Å². The van der Waals surface area contributed by atoms with Crippen molar-refractivity contribution in [2.24, 2.45) is 5.92 Å². The molecule has 0 atom stereocenters. The number of hydrogen-bond acceptors (Lipinski definition) is 2. The number of carbonyl (C=O) groups is 1. The van der Waals surface area contributed by atoms with Crippen LogP contribution in [0.1, 0.15) is 32.1 Å². The van der Waals surface area contributed by atoms with Crippen LogP contribution in [0, 0.1) is 5.92 Å². The second kappa shape index (κ2) is 5.58. The molecule has 0 aliphatic heterocycles. The summed E-state index contributed by atoms with van der Waals surface area (Å²) in [5, 5.41) is 0. The molecule has 1 aliphatic rings. The minimum absolute atomic E-state index is 0.210. The van der Waals surface area contributed by atoms with Crippen LogP contribution in [0.15, 0.2) is 29.2 Å². The maximum Gasteiger partial charge on any atom is 0.229 e. The van der Waals surface area contributed by atoms with Gasteiger partial charge in [0.15, 0.2) is 0 Å². The van der Waals surface area contributed by atoms with Crippen LogP contribution in [-0.4, -0.2) is 13.0 Å². The predicted molar refractivity (Wildman–Crippen MR) is 73.7 cm³/mol. The Balaban J connectivity index is 2.11. The summed E-state index contributed by atoms with van der Waals surface area (Å²) in [4.78, 5) is 15.0. The van der Waals surface area contributed by atoms with E-state index in [0.29, 0.717) is 0 Å². The summed E-state index contributed by atoms with van der Waals surface area (Å²) in [6.07, 6.45) is 5.73. The first kappa shape index (κ1) is 12.5. The molecule has 92 valence electrons. The van der Waals surface area contributed by atoms with Gasteiger partial charge in [0.05, 0.1) is 5.69 Å². The van der Waals surface area contributed by atoms with Gasteiger partial charge in [-0.1, -0.05) is 31.4 Å². The highest BCUT2D eigenvalue weighted by molar-refractivity contribution is 7.80. The third kappa shape index (κ3) is 2.83. The third-order valence-electron chi connectivity index (χ3n) is 3.53. The van der Waals surface area contributed by atoms with Crippen molar-refractivity contribution in [1.29, 1.82) is 0 Å². The lowest BCUT2D eigenvalue weighted by atomic mass is 9.88. The minimum atomic E-state index is 0.210. The Bertz CT molecular complexity index is 399. The van der Waals surface area contributed by atoms with E-state index in [1.807, 2.05) is 31.3 Å². The molecule has 0 spiro atoms. The maximum absolute atomic E-state index is 12.3. The summed E-state index contributed by atoms with van der Waals surface area (Å²) in [6, 6.07) is 7.75. The number of benzene rings is 1. The molecule has 3 heteroatoms. The fourth-order valence-corrected chi connectivity index (χ4v) is 2.80. The molecule has 2 rings (SSSR count). The van der Waals surface area contributed by atoms with Gasteiger partial charge in [0.1, 0.15) is 0 Å². The van der Waals surface area contributed by atoms with E-state index in [9.17, 15) is 4.79 Å². The first-order valence-electron chi connectivity index (χ1n) is 6.25. The fraction of sp³-hybridized carbons (Fsp3) is 0.500. The molecule has 0 radical (unpaired) electrons. The number of amides is 1. The number of carbonyl (C=O) groups excluding carboxylic acids is 1. The molecule has 0 N–H and O–H groups in total. The van der Waals surface area contributed by atoms with Gasteiger partial charge in [-0.15, -0.1) is 12.6 Å². The van der Waals surface area contributed by atoms with Gasteiger partial charge < -0.3 is 4.90 Å². The monoisotopic (exact) mass is 249 g/mol. The number of hydrogen-bond donors (Lipinski definition) is 1. The number of para-hydroxylation sites is 1. The average molecular weight is 249 g/mol. The van der Waals surface area contributed by atoms with E-state index in [-0.39, 0.29) is 11.8 Å². The van der Waals surface area contributed by atoms with Gasteiger partial charge in [-0.25, -0.2) is 0 Å². The standard InChI is InChI=1S/C14H19NOS/c1-15(12-9-5-6-10-13(12)17)14(16)11-7-3-2-4-8-11/h5-6,9-11,17H,2-4,7-8H2,1H3. The van der Waals surface area contributed by atoms with Gasteiger partial charge in [-0.05, 0) is 25.0 Å². The molecule has 0 bridgehead atoms. The lowest BCUT2D eigenvalue weighted by Gasteiger charge is -2.27. The summed E-state index contributed by atoms with van der Waals surface area (Å²) >= 11 is 4.40. The predicted octanol–water partition coefficient (Wildman–Crippen LogP) is 3.52. The van der Waals surface area contributed by atoms with Crippen molar-refractivity contribution in [3.63, 3.8) is 0 Å². The van der Waals surface area contributed by atoms with Crippen molar-refractivity contribution in [3.8, 4) is 0 Å². The molecule has 1 fully saturated rings. The highest BCUT2D eigenvalue weighted by Crippen LogP contribution is 2.29. The molecule has 1 amide bonds. The summed E-state index contributed by atoms with van der Waals surface area (Å²) in [5.41, 5.74) is 0.909. The first-order valence-corrected chi connectivity index (χ1v) is 6.70. The van der Waals surface area contributed by atoms with Crippen LogP contribution < -0.4 is 4.90 Å². The van der Waals surface area contributed by atoms with Crippen LogP contribution in [0.5, 0.6) is 0 Å². The lowest BCUT2D eigenvalue weighted by Crippen LogP contribution is -2.34. The highest BCUT2D eigenvalue weighted by atomic mass is 32.1. The van der Waals surface area contributed by atoms with E-state index < -0.39 is 0 Å². The number of anilines is 1. The second-order valence-electron chi connectivity index (χ2n) is 4.72. The average Bonchev–Trinajstić information content (AvgIpc) is 2.39. The van der Waals surface area contributed by atoms with Crippen LogP contribution in [0.4, 0.5) is 5.69 Å². The Morgan fingerprint density at radius 1 is 1.24 bits per heavy atom. The van der Waals surface area contributed by atoms with Crippen LogP contribution in [0.2, 0.25) is 0 Å². The molecular weight excluding hydrogens is 230 g/mol. The lowest BCUT2D eigenvalue weighted by molar-refractivity contribution is -0.123. The van der Waals surface area contributed by atoms with Gasteiger partial charge in [-0.2, -0.15) is 0 Å². The molecule has 1 aliphatic carbocycles. The van der Waals surface area contributed by atoms with Crippen molar-refractivity contribution in [2.45, 2.75) is 37.0 Å². The molecule has 0 aromatic heterocycles. The fourth-order valence-electron chi connectivity index (χ4n) is 2.49. The van der Waals surface area contributed by atoms with E-state index in [4.69, 9.17) is 0 Å². The molecule has 0 saturated heterocycles. The van der Waals surface area contributed by atoms with Crippen molar-refractivity contribution in [2.75, 3.05) is 11.9 Å². The number of thiol groups is 1. The smallest absolute Gasteiger partial charge is 0.229 e. The molecule has 1 aromatic carbocycles. The molecule has 1 saturated carbocycles. The quantitative estimate of drug-likeness (QED) is 0.795. The summed E-state index contributed by atoms with van der Waals surface area (Å²) in [5.74, 6) is 0.452. The molecule has 2 nitrogen and oxygen atoms in total. The van der Waals surface area contributed by atoms with Gasteiger partial charge in [0.2, 0.25) is 5.91 Å². The Labute approximate surface area is 108 Å². The molecule has 0 heterocycles. The maximum atomic E-state index is 12.3. The Morgan fingerprint density at radius 2 is 1.88 bits per heavy atom. The van der Waals surface area contributed by atoms with Crippen LogP contribution in [0.25, 0.3) is 0 Å². The number of rotatable bonds is 2. The van der Waals surface area contributed by atoms with Crippen LogP contribution in [0.3, 0.4) is 0 Å². The Hall–Kier alpha value is -0.960. The van der Waals surface area contributed by atoms with Gasteiger partial charge in [0, 0.05) is 17.9 Å². The second-order valence-corrected chi connectivity index (χ2v) is 5.20. The van der Waals surface area contributed by atoms with Gasteiger partial charge in [0.25, 0.3) is 0 Å². The molecular formula is C14H19NOS. The van der Waals surface area contributed by atoms with Crippen LogP contribution in [-0.2, 0) is 4.79 Å². The Kier molecular flexibility index (Phi) is 4.11. The van der Waals surface area contributed by atoms with E-state index in [1.165, 1.54) is 19.3 Å². The zero-order valence-electron chi connectivity index (χ0n) is 10.2.